The molecule has 2 heteroatoms. The molecule has 23 heavy (non-hydrogen) atoms. The normalized spacial score (nSPS) is 11.5. The maximum atomic E-state index is 6.63. The van der Waals surface area contributed by atoms with E-state index in [0.717, 1.165) is 12.8 Å². The van der Waals surface area contributed by atoms with Crippen LogP contribution in [0, 0.1) is 0 Å². The Kier molecular flexibility index (Phi) is 5.26. The SMILES string of the molecule is CCC(CC)O[Si](c1ccccc1)c1cccc2ccccc12. The first-order valence-electron chi connectivity index (χ1n) is 8.40. The zero-order chi connectivity index (χ0) is 16.1. The second-order valence-electron chi connectivity index (χ2n) is 5.78. The molecule has 0 heterocycles. The van der Waals surface area contributed by atoms with E-state index in [-0.39, 0.29) is 0 Å². The van der Waals surface area contributed by atoms with Crippen LogP contribution in [0.5, 0.6) is 0 Å². The van der Waals surface area contributed by atoms with Crippen molar-refractivity contribution in [2.75, 3.05) is 0 Å². The standard InChI is InChI=1S/C21H23OSi/c1-3-18(4-2)22-23(19-13-6-5-7-14-19)21-16-10-12-17-11-8-9-15-20(17)21/h5-16,18H,3-4H2,1-2H3. The van der Waals surface area contributed by atoms with E-state index >= 15 is 0 Å². The Bertz CT molecular complexity index is 745. The van der Waals surface area contributed by atoms with Crippen LogP contribution in [0.2, 0.25) is 0 Å². The maximum absolute atomic E-state index is 6.63. The predicted octanol–water partition coefficient (Wildman–Crippen LogP) is 4.15. The smallest absolute Gasteiger partial charge is 0.283 e. The highest BCUT2D eigenvalue weighted by atomic mass is 28.3. The van der Waals surface area contributed by atoms with Gasteiger partial charge in [-0.05, 0) is 34.0 Å². The van der Waals surface area contributed by atoms with Crippen LogP contribution in [0.4, 0.5) is 0 Å². The van der Waals surface area contributed by atoms with Gasteiger partial charge in [-0.1, -0.05) is 86.6 Å². The maximum Gasteiger partial charge on any atom is 0.283 e. The van der Waals surface area contributed by atoms with E-state index in [1.165, 1.54) is 21.1 Å². The summed E-state index contributed by atoms with van der Waals surface area (Å²) in [6.07, 6.45) is 2.44. The number of fused-ring (bicyclic) bond motifs is 1. The topological polar surface area (TPSA) is 9.23 Å². The van der Waals surface area contributed by atoms with Gasteiger partial charge in [-0.3, -0.25) is 0 Å². The molecule has 0 atom stereocenters. The summed E-state index contributed by atoms with van der Waals surface area (Å²) in [7, 11) is -1.25. The fraction of sp³-hybridized carbons (Fsp3) is 0.238. The minimum absolute atomic E-state index is 0.322. The minimum Gasteiger partial charge on any atom is -0.404 e. The Labute approximate surface area is 140 Å². The van der Waals surface area contributed by atoms with Crippen molar-refractivity contribution in [3.63, 3.8) is 0 Å². The van der Waals surface area contributed by atoms with E-state index < -0.39 is 9.04 Å². The molecular formula is C21H23OSi. The van der Waals surface area contributed by atoms with Crippen molar-refractivity contribution >= 4 is 30.2 Å². The van der Waals surface area contributed by atoms with Crippen molar-refractivity contribution in [1.29, 1.82) is 0 Å². The lowest BCUT2D eigenvalue weighted by Crippen LogP contribution is -2.47. The average molecular weight is 320 g/mol. The summed E-state index contributed by atoms with van der Waals surface area (Å²) in [6, 6.07) is 25.9. The van der Waals surface area contributed by atoms with E-state index in [1.54, 1.807) is 0 Å². The zero-order valence-electron chi connectivity index (χ0n) is 13.8. The van der Waals surface area contributed by atoms with Gasteiger partial charge in [0, 0.05) is 6.10 Å². The van der Waals surface area contributed by atoms with Gasteiger partial charge in [0.15, 0.2) is 0 Å². The number of benzene rings is 3. The molecule has 0 N–H and O–H groups in total. The lowest BCUT2D eigenvalue weighted by atomic mass is 10.1. The molecule has 0 aromatic heterocycles. The van der Waals surface area contributed by atoms with E-state index in [2.05, 4.69) is 86.6 Å². The van der Waals surface area contributed by atoms with Crippen LogP contribution in [0.25, 0.3) is 10.8 Å². The number of hydrogen-bond donors (Lipinski definition) is 0. The summed E-state index contributed by atoms with van der Waals surface area (Å²) in [5, 5.41) is 5.28. The van der Waals surface area contributed by atoms with Crippen LogP contribution in [0.3, 0.4) is 0 Å². The third-order valence-corrected chi connectivity index (χ3v) is 6.62. The summed E-state index contributed by atoms with van der Waals surface area (Å²) in [4.78, 5) is 0. The van der Waals surface area contributed by atoms with Gasteiger partial charge in [-0.25, -0.2) is 0 Å². The Hall–Kier alpha value is -1.90. The van der Waals surface area contributed by atoms with Crippen molar-refractivity contribution in [2.24, 2.45) is 0 Å². The van der Waals surface area contributed by atoms with E-state index in [1.807, 2.05) is 0 Å². The van der Waals surface area contributed by atoms with Gasteiger partial charge in [-0.15, -0.1) is 0 Å². The van der Waals surface area contributed by atoms with Gasteiger partial charge in [0.1, 0.15) is 0 Å². The molecule has 117 valence electrons. The molecule has 0 saturated carbocycles. The van der Waals surface area contributed by atoms with Gasteiger partial charge < -0.3 is 4.43 Å². The van der Waals surface area contributed by atoms with Crippen LogP contribution in [0.15, 0.2) is 72.8 Å². The molecule has 0 fully saturated rings. The first kappa shape index (κ1) is 16.0. The number of hydrogen-bond acceptors (Lipinski definition) is 1. The van der Waals surface area contributed by atoms with Gasteiger partial charge in [-0.2, -0.15) is 0 Å². The van der Waals surface area contributed by atoms with E-state index in [0.29, 0.717) is 6.10 Å². The lowest BCUT2D eigenvalue weighted by Gasteiger charge is -2.23. The first-order valence-corrected chi connectivity index (χ1v) is 9.81. The van der Waals surface area contributed by atoms with E-state index in [9.17, 15) is 0 Å². The quantitative estimate of drug-likeness (QED) is 0.620. The summed E-state index contributed by atoms with van der Waals surface area (Å²) >= 11 is 0. The van der Waals surface area contributed by atoms with Crippen LogP contribution in [-0.2, 0) is 4.43 Å². The van der Waals surface area contributed by atoms with Gasteiger partial charge >= 0.3 is 0 Å². The molecule has 0 aliphatic heterocycles. The molecule has 0 unspecified atom stereocenters. The molecule has 3 aromatic carbocycles. The Balaban J connectivity index is 2.10. The highest BCUT2D eigenvalue weighted by Gasteiger charge is 2.24. The largest absolute Gasteiger partial charge is 0.404 e. The second-order valence-corrected chi connectivity index (χ2v) is 7.79. The molecule has 3 aromatic rings. The van der Waals surface area contributed by atoms with Crippen LogP contribution < -0.4 is 10.4 Å². The van der Waals surface area contributed by atoms with Crippen LogP contribution in [-0.4, -0.2) is 15.1 Å². The Morgan fingerprint density at radius 2 is 1.43 bits per heavy atom. The molecule has 1 nitrogen and oxygen atoms in total. The monoisotopic (exact) mass is 319 g/mol. The van der Waals surface area contributed by atoms with Gasteiger partial charge in [0.2, 0.25) is 0 Å². The molecule has 0 amide bonds. The third kappa shape index (κ3) is 3.54. The third-order valence-electron chi connectivity index (χ3n) is 4.27. The molecule has 0 bridgehead atoms. The van der Waals surface area contributed by atoms with Crippen molar-refractivity contribution in [1.82, 2.24) is 0 Å². The zero-order valence-corrected chi connectivity index (χ0v) is 14.8. The Morgan fingerprint density at radius 3 is 2.17 bits per heavy atom. The molecule has 0 aliphatic rings. The highest BCUT2D eigenvalue weighted by molar-refractivity contribution is 6.82. The average Bonchev–Trinajstić information content (AvgIpc) is 2.63. The summed E-state index contributed by atoms with van der Waals surface area (Å²) < 4.78 is 6.63. The van der Waals surface area contributed by atoms with Crippen LogP contribution in [0.1, 0.15) is 26.7 Å². The van der Waals surface area contributed by atoms with Crippen molar-refractivity contribution in [2.45, 2.75) is 32.8 Å². The molecular weight excluding hydrogens is 296 g/mol. The molecule has 3 rings (SSSR count). The van der Waals surface area contributed by atoms with E-state index in [4.69, 9.17) is 4.43 Å². The van der Waals surface area contributed by atoms with Gasteiger partial charge in [0.05, 0.1) is 0 Å². The molecule has 0 spiro atoms. The minimum atomic E-state index is -1.25. The van der Waals surface area contributed by atoms with Gasteiger partial charge in [0.25, 0.3) is 9.04 Å². The molecule has 0 aliphatic carbocycles. The summed E-state index contributed by atoms with van der Waals surface area (Å²) in [5.41, 5.74) is 0. The first-order chi connectivity index (χ1) is 11.3. The summed E-state index contributed by atoms with van der Waals surface area (Å²) in [6.45, 7) is 4.42. The van der Waals surface area contributed by atoms with Crippen molar-refractivity contribution in [3.05, 3.63) is 72.8 Å². The number of rotatable bonds is 6. The molecule has 1 radical (unpaired) electrons. The summed E-state index contributed by atoms with van der Waals surface area (Å²) in [5.74, 6) is 0. The highest BCUT2D eigenvalue weighted by Crippen LogP contribution is 2.14. The molecule has 0 saturated heterocycles. The fourth-order valence-electron chi connectivity index (χ4n) is 2.92. The van der Waals surface area contributed by atoms with Crippen molar-refractivity contribution < 1.29 is 4.43 Å². The van der Waals surface area contributed by atoms with Crippen molar-refractivity contribution in [3.8, 4) is 0 Å². The predicted molar refractivity (Wildman–Crippen MR) is 101 cm³/mol. The Morgan fingerprint density at radius 1 is 0.783 bits per heavy atom. The van der Waals surface area contributed by atoms with Crippen LogP contribution >= 0.6 is 0 Å². The fourth-order valence-corrected chi connectivity index (χ4v) is 5.38. The lowest BCUT2D eigenvalue weighted by molar-refractivity contribution is 0.200. The second kappa shape index (κ2) is 7.58.